The normalized spacial score (nSPS) is 18.7. The van der Waals surface area contributed by atoms with Crippen LogP contribution in [0.4, 0.5) is 0 Å². The molecule has 7 heteroatoms. The van der Waals surface area contributed by atoms with E-state index in [1.807, 2.05) is 11.3 Å². The number of aromatic nitrogens is 4. The topological polar surface area (TPSA) is 51.6 Å². The number of para-hydroxylation sites is 2. The number of benzene rings is 6. The van der Waals surface area contributed by atoms with Crippen LogP contribution in [-0.4, -0.2) is 19.9 Å². The Morgan fingerprint density at radius 1 is 0.491 bits per heavy atom. The molecule has 6 aromatic carbocycles. The Morgan fingerprint density at radius 3 is 1.47 bits per heavy atom. The van der Waals surface area contributed by atoms with Crippen molar-refractivity contribution in [3.8, 4) is 42.0 Å². The van der Waals surface area contributed by atoms with Crippen molar-refractivity contribution in [2.45, 2.75) is 44.9 Å². The zero-order chi connectivity index (χ0) is 36.6. The third-order valence-corrected chi connectivity index (χ3v) is 16.4. The lowest BCUT2D eigenvalue weighted by atomic mass is 9.70. The number of thiazole rings is 2. The van der Waals surface area contributed by atoms with E-state index in [2.05, 4.69) is 142 Å². The lowest BCUT2D eigenvalue weighted by molar-refractivity contribution is 0.227. The molecule has 2 bridgehead atoms. The van der Waals surface area contributed by atoms with Gasteiger partial charge in [0.1, 0.15) is 21.0 Å². The van der Waals surface area contributed by atoms with Crippen LogP contribution in [0, 0.1) is 5.41 Å². The molecule has 4 nitrogen and oxygen atoms in total. The molecular formula is C48H34N4S3. The fraction of sp³-hybridized carbons (Fsp3) is 0.167. The van der Waals surface area contributed by atoms with Gasteiger partial charge in [0.15, 0.2) is 0 Å². The van der Waals surface area contributed by atoms with Crippen LogP contribution >= 0.6 is 34.0 Å². The van der Waals surface area contributed by atoms with Crippen molar-refractivity contribution >= 4 is 87.0 Å². The van der Waals surface area contributed by atoms with Gasteiger partial charge >= 0.3 is 0 Å². The number of hydrogen-bond acceptors (Lipinski definition) is 7. The van der Waals surface area contributed by atoms with Crippen LogP contribution in [0.5, 0.6) is 0 Å². The van der Waals surface area contributed by atoms with Crippen molar-refractivity contribution in [1.29, 1.82) is 0 Å². The van der Waals surface area contributed by atoms with Gasteiger partial charge in [0, 0.05) is 33.6 Å². The molecule has 0 radical (unpaired) electrons. The van der Waals surface area contributed by atoms with E-state index in [1.54, 1.807) is 22.7 Å². The molecule has 1 saturated carbocycles. The maximum Gasteiger partial charge on any atom is 0.125 e. The summed E-state index contributed by atoms with van der Waals surface area (Å²) in [6.45, 7) is 7.31. The molecule has 4 aromatic heterocycles. The average Bonchev–Trinajstić information content (AvgIpc) is 4.01. The minimum Gasteiger partial charge on any atom is -0.247 e. The molecule has 2 aliphatic carbocycles. The summed E-state index contributed by atoms with van der Waals surface area (Å²) in [4.78, 5) is 24.0. The van der Waals surface area contributed by atoms with E-state index in [9.17, 15) is 0 Å². The summed E-state index contributed by atoms with van der Waals surface area (Å²) < 4.78 is 2.41. The Bertz CT molecular complexity index is 3170. The standard InChI is InChI=1S/C48H34N4S3/c1-47(2)34-24-25-48(47,3)44-39(34)51-40-41(52-44)43(31-21-23-33(29-15-7-5-13-27(29)31)46-50-36-17-9-11-19-38(36)54-46)55-42(40)30-20-22-32(28-14-6-4-12-26(28)30)45-49-35-16-8-10-18-37(35)53-45/h4-23,34H,24-25H2,1-3H3. The summed E-state index contributed by atoms with van der Waals surface area (Å²) in [5.74, 6) is 0.410. The smallest absolute Gasteiger partial charge is 0.125 e. The van der Waals surface area contributed by atoms with Crippen LogP contribution in [0.15, 0.2) is 121 Å². The molecule has 0 spiro atoms. The van der Waals surface area contributed by atoms with E-state index in [0.29, 0.717) is 5.92 Å². The molecule has 264 valence electrons. The fourth-order valence-electron chi connectivity index (χ4n) is 9.72. The highest BCUT2D eigenvalue weighted by molar-refractivity contribution is 7.22. The summed E-state index contributed by atoms with van der Waals surface area (Å²) in [5.41, 5.74) is 11.4. The zero-order valence-corrected chi connectivity index (χ0v) is 33.0. The van der Waals surface area contributed by atoms with E-state index < -0.39 is 0 Å². The third-order valence-electron chi connectivity index (χ3n) is 13.0. The van der Waals surface area contributed by atoms with Crippen molar-refractivity contribution in [3.63, 3.8) is 0 Å². The first-order valence-electron chi connectivity index (χ1n) is 19.0. The highest BCUT2D eigenvalue weighted by Gasteiger charge is 2.61. The number of hydrogen-bond donors (Lipinski definition) is 0. The number of thiophene rings is 1. The Hall–Kier alpha value is -5.34. The van der Waals surface area contributed by atoms with Gasteiger partial charge in [-0.15, -0.1) is 34.0 Å². The van der Waals surface area contributed by atoms with E-state index in [1.165, 1.54) is 69.6 Å². The summed E-state index contributed by atoms with van der Waals surface area (Å²) in [6, 6.07) is 43.6. The van der Waals surface area contributed by atoms with Crippen molar-refractivity contribution in [1.82, 2.24) is 19.9 Å². The van der Waals surface area contributed by atoms with Crippen LogP contribution in [0.25, 0.3) is 95.0 Å². The zero-order valence-electron chi connectivity index (χ0n) is 30.6. The van der Waals surface area contributed by atoms with Gasteiger partial charge in [-0.2, -0.15) is 0 Å². The Morgan fingerprint density at radius 2 is 0.945 bits per heavy atom. The molecule has 0 N–H and O–H groups in total. The molecule has 0 saturated heterocycles. The Kier molecular flexibility index (Phi) is 6.60. The monoisotopic (exact) mass is 762 g/mol. The lowest BCUT2D eigenvalue weighted by Gasteiger charge is -2.34. The maximum absolute atomic E-state index is 5.74. The Balaban J connectivity index is 1.12. The van der Waals surface area contributed by atoms with Gasteiger partial charge in [0.25, 0.3) is 0 Å². The third kappa shape index (κ3) is 4.37. The van der Waals surface area contributed by atoms with Crippen molar-refractivity contribution < 1.29 is 0 Å². The molecule has 12 rings (SSSR count). The Labute approximate surface area is 330 Å². The molecule has 0 aliphatic heterocycles. The first-order chi connectivity index (χ1) is 26.9. The lowest BCUT2D eigenvalue weighted by Crippen LogP contribution is -2.31. The largest absolute Gasteiger partial charge is 0.247 e. The van der Waals surface area contributed by atoms with Crippen LogP contribution in [0.3, 0.4) is 0 Å². The minimum absolute atomic E-state index is 0.00206. The highest BCUT2D eigenvalue weighted by atomic mass is 32.1. The van der Waals surface area contributed by atoms with Crippen LogP contribution in [0.2, 0.25) is 0 Å². The molecule has 1 fully saturated rings. The van der Waals surface area contributed by atoms with Crippen molar-refractivity contribution in [2.75, 3.05) is 0 Å². The maximum atomic E-state index is 5.74. The fourth-order valence-corrected chi connectivity index (χ4v) is 13.0. The molecular weight excluding hydrogens is 729 g/mol. The number of rotatable bonds is 4. The highest BCUT2D eigenvalue weighted by Crippen LogP contribution is 2.67. The van der Waals surface area contributed by atoms with E-state index in [-0.39, 0.29) is 10.8 Å². The van der Waals surface area contributed by atoms with E-state index >= 15 is 0 Å². The molecule has 10 aromatic rings. The second-order valence-electron chi connectivity index (χ2n) is 15.9. The van der Waals surface area contributed by atoms with Gasteiger partial charge in [-0.05, 0) is 64.1 Å². The molecule has 0 amide bonds. The van der Waals surface area contributed by atoms with Gasteiger partial charge in [0.05, 0.1) is 41.6 Å². The van der Waals surface area contributed by atoms with Gasteiger partial charge in [-0.25, -0.2) is 19.9 Å². The first kappa shape index (κ1) is 32.0. The second kappa shape index (κ2) is 11.4. The van der Waals surface area contributed by atoms with Crippen molar-refractivity contribution in [2.24, 2.45) is 5.41 Å². The quantitative estimate of drug-likeness (QED) is 0.179. The SMILES string of the molecule is CC12CCC(c3nc4c(-c5ccc(-c6nc7ccccc7s6)c6ccccc56)sc(-c5ccc(-c6nc7ccccc7s6)c6ccccc56)c4nc31)C2(C)C. The van der Waals surface area contributed by atoms with E-state index in [0.717, 1.165) is 49.6 Å². The second-order valence-corrected chi connectivity index (χ2v) is 19.0. The molecule has 2 aliphatic rings. The van der Waals surface area contributed by atoms with Gasteiger partial charge < -0.3 is 0 Å². The van der Waals surface area contributed by atoms with Crippen molar-refractivity contribution in [3.05, 3.63) is 133 Å². The van der Waals surface area contributed by atoms with Crippen LogP contribution in [0.1, 0.15) is 50.9 Å². The average molecular weight is 763 g/mol. The van der Waals surface area contributed by atoms with Crippen LogP contribution < -0.4 is 0 Å². The summed E-state index contributed by atoms with van der Waals surface area (Å²) in [5, 5.41) is 6.92. The van der Waals surface area contributed by atoms with Gasteiger partial charge in [-0.3, -0.25) is 0 Å². The molecule has 55 heavy (non-hydrogen) atoms. The van der Waals surface area contributed by atoms with E-state index in [4.69, 9.17) is 19.9 Å². The predicted molar refractivity (Wildman–Crippen MR) is 234 cm³/mol. The minimum atomic E-state index is -0.00206. The summed E-state index contributed by atoms with van der Waals surface area (Å²) >= 11 is 5.36. The number of fused-ring (bicyclic) bond motifs is 10. The van der Waals surface area contributed by atoms with Gasteiger partial charge in [-0.1, -0.05) is 118 Å². The predicted octanol–water partition coefficient (Wildman–Crippen LogP) is 14.1. The number of nitrogens with zero attached hydrogens (tertiary/aromatic N) is 4. The molecule has 4 heterocycles. The summed E-state index contributed by atoms with van der Waals surface area (Å²) in [7, 11) is 0. The van der Waals surface area contributed by atoms with Crippen LogP contribution in [-0.2, 0) is 5.41 Å². The molecule has 2 atom stereocenters. The molecule has 2 unspecified atom stereocenters. The summed E-state index contributed by atoms with van der Waals surface area (Å²) in [6.07, 6.45) is 2.32. The first-order valence-corrected chi connectivity index (χ1v) is 21.4. The van der Waals surface area contributed by atoms with Gasteiger partial charge in [0.2, 0.25) is 0 Å².